The minimum atomic E-state index is -0.0899. The molecule has 1 aromatic rings. The maximum Gasteiger partial charge on any atom is 0.157 e. The zero-order chi connectivity index (χ0) is 17.0. The van der Waals surface area contributed by atoms with Gasteiger partial charge in [-0.2, -0.15) is 0 Å². The summed E-state index contributed by atoms with van der Waals surface area (Å²) in [5.41, 5.74) is 0.977. The Kier molecular flexibility index (Phi) is 5.47. The van der Waals surface area contributed by atoms with Crippen LogP contribution in [-0.2, 0) is 6.42 Å². The van der Waals surface area contributed by atoms with Gasteiger partial charge in [0.15, 0.2) is 11.5 Å². The molecule has 6 nitrogen and oxygen atoms in total. The lowest BCUT2D eigenvalue weighted by Gasteiger charge is -2.21. The number of phenols is 2. The highest BCUT2D eigenvalue weighted by Crippen LogP contribution is 2.25. The smallest absolute Gasteiger partial charge is 0.157 e. The van der Waals surface area contributed by atoms with Crippen molar-refractivity contribution in [2.24, 2.45) is 9.98 Å². The van der Waals surface area contributed by atoms with Gasteiger partial charge in [-0.1, -0.05) is 6.07 Å². The molecule has 0 saturated heterocycles. The summed E-state index contributed by atoms with van der Waals surface area (Å²) in [7, 11) is 3.82. The van der Waals surface area contributed by atoms with Crippen LogP contribution in [0.1, 0.15) is 25.8 Å². The molecule has 0 spiro atoms. The van der Waals surface area contributed by atoms with Crippen LogP contribution in [0.3, 0.4) is 0 Å². The van der Waals surface area contributed by atoms with Crippen molar-refractivity contribution in [2.45, 2.75) is 38.8 Å². The summed E-state index contributed by atoms with van der Waals surface area (Å²) in [4.78, 5) is 11.2. The average molecular weight is 318 g/mol. The quantitative estimate of drug-likeness (QED) is 0.742. The van der Waals surface area contributed by atoms with Crippen LogP contribution in [-0.4, -0.2) is 59.5 Å². The van der Waals surface area contributed by atoms with Gasteiger partial charge >= 0.3 is 0 Å². The summed E-state index contributed by atoms with van der Waals surface area (Å²) >= 11 is 0. The highest BCUT2D eigenvalue weighted by molar-refractivity contribution is 6.03. The molecule has 3 N–H and O–H groups in total. The number of nitrogens with one attached hydrogen (secondary N) is 1. The van der Waals surface area contributed by atoms with Gasteiger partial charge in [0.2, 0.25) is 0 Å². The van der Waals surface area contributed by atoms with E-state index in [0.717, 1.165) is 30.2 Å². The summed E-state index contributed by atoms with van der Waals surface area (Å²) in [5.74, 6) is 1.80. The third-order valence-electron chi connectivity index (χ3n) is 4.28. The van der Waals surface area contributed by atoms with Crippen LogP contribution in [0.5, 0.6) is 11.5 Å². The molecule has 0 aromatic heterocycles. The van der Waals surface area contributed by atoms with E-state index < -0.39 is 0 Å². The third-order valence-corrected chi connectivity index (χ3v) is 4.28. The molecule has 1 aliphatic rings. The topological polar surface area (TPSA) is 80.5 Å². The van der Waals surface area contributed by atoms with Gasteiger partial charge in [0, 0.05) is 26.7 Å². The predicted molar refractivity (Wildman–Crippen MR) is 93.6 cm³/mol. The van der Waals surface area contributed by atoms with Crippen molar-refractivity contribution in [1.29, 1.82) is 0 Å². The molecule has 0 saturated carbocycles. The fourth-order valence-corrected chi connectivity index (χ4v) is 2.50. The summed E-state index contributed by atoms with van der Waals surface area (Å²) in [6.07, 6.45) is 1.46. The van der Waals surface area contributed by atoms with Crippen molar-refractivity contribution >= 4 is 11.7 Å². The molecule has 0 amide bonds. The second-order valence-electron chi connectivity index (χ2n) is 6.06. The third kappa shape index (κ3) is 4.37. The number of nitrogens with zero attached hydrogens (tertiary/aromatic N) is 3. The molecular weight excluding hydrogens is 292 g/mol. The van der Waals surface area contributed by atoms with Crippen molar-refractivity contribution in [3.63, 3.8) is 0 Å². The molecule has 0 fully saturated rings. The highest BCUT2D eigenvalue weighted by Gasteiger charge is 2.21. The molecule has 1 aliphatic heterocycles. The van der Waals surface area contributed by atoms with Gasteiger partial charge in [-0.25, -0.2) is 0 Å². The van der Waals surface area contributed by atoms with E-state index in [-0.39, 0.29) is 23.6 Å². The molecule has 2 rings (SSSR count). The standard InChI is InChI=1S/C17H26N4O2/c1-11-12(2)20-17(10-16(18-3)19-11)21(4)8-7-13-5-6-14(22)15(23)9-13/h5-6,9,11-12,22-23H,7-8,10H2,1-4H3,(H,18,19). The fraction of sp³-hybridized carbons (Fsp3) is 0.529. The first kappa shape index (κ1) is 17.1. The number of hydrogen-bond acceptors (Lipinski definition) is 5. The Labute approximate surface area is 137 Å². The van der Waals surface area contributed by atoms with E-state index >= 15 is 0 Å². The van der Waals surface area contributed by atoms with Crippen LogP contribution in [0.2, 0.25) is 0 Å². The minimum absolute atomic E-state index is 0.0796. The molecule has 0 bridgehead atoms. The van der Waals surface area contributed by atoms with Crippen LogP contribution in [0.15, 0.2) is 28.2 Å². The number of amidine groups is 2. The molecule has 2 unspecified atom stereocenters. The summed E-state index contributed by atoms with van der Waals surface area (Å²) < 4.78 is 0. The predicted octanol–water partition coefficient (Wildman–Crippen LogP) is 1.77. The molecule has 2 atom stereocenters. The van der Waals surface area contributed by atoms with Crippen molar-refractivity contribution < 1.29 is 10.2 Å². The Hall–Kier alpha value is -2.24. The Balaban J connectivity index is 2.04. The van der Waals surface area contributed by atoms with E-state index in [1.54, 1.807) is 13.1 Å². The van der Waals surface area contributed by atoms with E-state index in [2.05, 4.69) is 29.1 Å². The van der Waals surface area contributed by atoms with Gasteiger partial charge in [-0.05, 0) is 38.0 Å². The second kappa shape index (κ2) is 7.35. The van der Waals surface area contributed by atoms with Crippen molar-refractivity contribution in [3.05, 3.63) is 23.8 Å². The van der Waals surface area contributed by atoms with Crippen LogP contribution >= 0.6 is 0 Å². The van der Waals surface area contributed by atoms with Crippen molar-refractivity contribution in [1.82, 2.24) is 10.2 Å². The Bertz CT molecular complexity index is 613. The summed E-state index contributed by atoms with van der Waals surface area (Å²) in [6.45, 7) is 4.99. The number of aliphatic imine (C=N–C) groups is 2. The fourth-order valence-electron chi connectivity index (χ4n) is 2.50. The van der Waals surface area contributed by atoms with Gasteiger partial charge in [-0.3, -0.25) is 9.98 Å². The van der Waals surface area contributed by atoms with E-state index in [9.17, 15) is 10.2 Å². The van der Waals surface area contributed by atoms with E-state index in [0.29, 0.717) is 6.42 Å². The lowest BCUT2D eigenvalue weighted by molar-refractivity contribution is 0.402. The number of aromatic hydroxyl groups is 2. The number of rotatable bonds is 3. The number of phenolic OH excluding ortho intramolecular Hbond substituents is 2. The van der Waals surface area contributed by atoms with Crippen LogP contribution in [0.25, 0.3) is 0 Å². The van der Waals surface area contributed by atoms with E-state index in [4.69, 9.17) is 4.99 Å². The van der Waals surface area contributed by atoms with Crippen molar-refractivity contribution in [2.75, 3.05) is 20.6 Å². The number of hydrogen-bond donors (Lipinski definition) is 3. The molecule has 23 heavy (non-hydrogen) atoms. The molecule has 0 radical (unpaired) electrons. The van der Waals surface area contributed by atoms with Gasteiger partial charge < -0.3 is 20.4 Å². The number of benzene rings is 1. The second-order valence-corrected chi connectivity index (χ2v) is 6.06. The molecule has 1 aromatic carbocycles. The molecule has 0 aliphatic carbocycles. The highest BCUT2D eigenvalue weighted by atomic mass is 16.3. The van der Waals surface area contributed by atoms with Crippen molar-refractivity contribution in [3.8, 4) is 11.5 Å². The molecule has 6 heteroatoms. The first-order valence-corrected chi connectivity index (χ1v) is 7.91. The maximum absolute atomic E-state index is 9.57. The SMILES string of the molecule is CN=C1CC(N(C)CCc2ccc(O)c(O)c2)=NC(C)C(C)N1. The first-order valence-electron chi connectivity index (χ1n) is 7.91. The lowest BCUT2D eigenvalue weighted by Crippen LogP contribution is -2.37. The molecule has 1 heterocycles. The molecule has 126 valence electrons. The van der Waals surface area contributed by atoms with Crippen LogP contribution in [0, 0.1) is 0 Å². The summed E-state index contributed by atoms with van der Waals surface area (Å²) in [5, 5.41) is 22.3. The van der Waals surface area contributed by atoms with Gasteiger partial charge in [-0.15, -0.1) is 0 Å². The van der Waals surface area contributed by atoms with E-state index in [1.807, 2.05) is 13.1 Å². The van der Waals surface area contributed by atoms with E-state index in [1.165, 1.54) is 6.07 Å². The molecular formula is C17H26N4O2. The normalized spacial score (nSPS) is 23.1. The monoisotopic (exact) mass is 318 g/mol. The van der Waals surface area contributed by atoms with Crippen LogP contribution < -0.4 is 5.32 Å². The lowest BCUT2D eigenvalue weighted by atomic mass is 10.1. The van der Waals surface area contributed by atoms with Gasteiger partial charge in [0.05, 0.1) is 12.5 Å². The average Bonchev–Trinajstić information content (AvgIpc) is 2.67. The van der Waals surface area contributed by atoms with Crippen LogP contribution in [0.4, 0.5) is 0 Å². The zero-order valence-electron chi connectivity index (χ0n) is 14.2. The number of likely N-dealkylation sites (N-methyl/N-ethyl adjacent to an activating group) is 1. The zero-order valence-corrected chi connectivity index (χ0v) is 14.2. The Morgan fingerprint density at radius 1 is 1.30 bits per heavy atom. The van der Waals surface area contributed by atoms with Gasteiger partial charge in [0.25, 0.3) is 0 Å². The Morgan fingerprint density at radius 3 is 2.70 bits per heavy atom. The Morgan fingerprint density at radius 2 is 2.04 bits per heavy atom. The first-order chi connectivity index (χ1) is 10.9. The maximum atomic E-state index is 9.57. The summed E-state index contributed by atoms with van der Waals surface area (Å²) in [6, 6.07) is 5.38. The largest absolute Gasteiger partial charge is 0.504 e. The minimum Gasteiger partial charge on any atom is -0.504 e. The van der Waals surface area contributed by atoms with Gasteiger partial charge in [0.1, 0.15) is 11.7 Å².